The maximum absolute atomic E-state index is 12.0. The lowest BCUT2D eigenvalue weighted by molar-refractivity contribution is 0.477. The average Bonchev–Trinajstić information content (AvgIpc) is 3.12. The van der Waals surface area contributed by atoms with Gasteiger partial charge in [-0.05, 0) is 23.9 Å². The number of nitrogens with one attached hydrogen (secondary N) is 2. The van der Waals surface area contributed by atoms with Crippen LogP contribution in [0.4, 0.5) is 0 Å². The molecule has 0 saturated heterocycles. The number of rotatable bonds is 7. The van der Waals surface area contributed by atoms with Crippen molar-refractivity contribution >= 4 is 51.3 Å². The second-order valence-corrected chi connectivity index (χ2v) is 8.59. The van der Waals surface area contributed by atoms with Crippen molar-refractivity contribution in [3.05, 3.63) is 52.9 Å². The Kier molecular flexibility index (Phi) is 9.55. The van der Waals surface area contributed by atoms with Gasteiger partial charge in [-0.3, -0.25) is 4.99 Å². The molecule has 0 amide bonds. The molecule has 1 aromatic carbocycles. The fourth-order valence-electron chi connectivity index (χ4n) is 2.27. The Morgan fingerprint density at radius 1 is 1.19 bits per heavy atom. The van der Waals surface area contributed by atoms with Crippen LogP contribution in [0.1, 0.15) is 11.1 Å². The minimum atomic E-state index is -3.42. The van der Waals surface area contributed by atoms with E-state index in [1.54, 1.807) is 24.6 Å². The number of thiophene rings is 1. The number of nitrogens with zero attached hydrogens (tertiary/aromatic N) is 2. The highest BCUT2D eigenvalue weighted by Crippen LogP contribution is 2.14. The number of sulfonamides is 1. The number of benzene rings is 1. The van der Waals surface area contributed by atoms with Crippen molar-refractivity contribution < 1.29 is 8.42 Å². The van der Waals surface area contributed by atoms with Crippen molar-refractivity contribution in [2.75, 3.05) is 27.2 Å². The van der Waals surface area contributed by atoms with Gasteiger partial charge in [0.15, 0.2) is 5.96 Å². The van der Waals surface area contributed by atoms with Crippen LogP contribution in [0, 0.1) is 6.92 Å². The first kappa shape index (κ1) is 22.9. The van der Waals surface area contributed by atoms with Crippen molar-refractivity contribution in [1.82, 2.24) is 14.9 Å². The lowest BCUT2D eigenvalue weighted by Crippen LogP contribution is -2.42. The number of hydrogen-bond donors (Lipinski definition) is 2. The molecular formula is C17H25IN4O2S2. The topological polar surface area (TPSA) is 73.8 Å². The van der Waals surface area contributed by atoms with Gasteiger partial charge in [-0.2, -0.15) is 0 Å². The second-order valence-electron chi connectivity index (χ2n) is 5.65. The van der Waals surface area contributed by atoms with E-state index in [1.807, 2.05) is 11.9 Å². The van der Waals surface area contributed by atoms with E-state index in [9.17, 15) is 8.42 Å². The molecule has 0 saturated carbocycles. The highest BCUT2D eigenvalue weighted by Gasteiger charge is 2.14. The van der Waals surface area contributed by atoms with Gasteiger partial charge in [-0.25, -0.2) is 13.1 Å². The lowest BCUT2D eigenvalue weighted by Gasteiger charge is -2.22. The Balaban J connectivity index is 0.00000338. The van der Waals surface area contributed by atoms with Crippen molar-refractivity contribution in [3.63, 3.8) is 0 Å². The molecule has 0 spiro atoms. The van der Waals surface area contributed by atoms with Gasteiger partial charge >= 0.3 is 0 Å². The first-order valence-corrected chi connectivity index (χ1v) is 10.3. The van der Waals surface area contributed by atoms with Gasteiger partial charge in [-0.1, -0.05) is 35.9 Å². The number of halogens is 1. The molecule has 0 radical (unpaired) electrons. The van der Waals surface area contributed by atoms with E-state index < -0.39 is 10.0 Å². The molecule has 0 bridgehead atoms. The third kappa shape index (κ3) is 6.86. The number of guanidine groups is 1. The molecule has 1 heterocycles. The molecule has 144 valence electrons. The zero-order valence-electron chi connectivity index (χ0n) is 15.1. The maximum Gasteiger partial charge on any atom is 0.250 e. The summed E-state index contributed by atoms with van der Waals surface area (Å²) in [5, 5.41) is 4.92. The highest BCUT2D eigenvalue weighted by atomic mass is 127. The van der Waals surface area contributed by atoms with Crippen molar-refractivity contribution in [3.8, 4) is 0 Å². The van der Waals surface area contributed by atoms with E-state index >= 15 is 0 Å². The number of aryl methyl sites for hydroxylation is 1. The second kappa shape index (κ2) is 10.9. The van der Waals surface area contributed by atoms with Crippen LogP contribution in [0.15, 0.2) is 51.0 Å². The van der Waals surface area contributed by atoms with Crippen LogP contribution >= 0.6 is 35.3 Å². The van der Waals surface area contributed by atoms with E-state index in [0.717, 1.165) is 12.5 Å². The molecule has 0 fully saturated rings. The fraction of sp³-hybridized carbons (Fsp3) is 0.353. The quantitative estimate of drug-likeness (QED) is 0.261. The highest BCUT2D eigenvalue weighted by molar-refractivity contribution is 14.0. The summed E-state index contributed by atoms with van der Waals surface area (Å²) in [5.41, 5.74) is 2.42. The molecule has 0 aliphatic rings. The first-order valence-electron chi connectivity index (χ1n) is 7.93. The number of aliphatic imine (C=N–C) groups is 1. The molecule has 0 aliphatic carbocycles. The SMILES string of the molecule is CN=C(NCCNS(=O)(=O)c1cccs1)N(C)Cc1ccc(C)cc1.I. The molecule has 0 atom stereocenters. The normalized spacial score (nSPS) is 11.7. The molecule has 0 unspecified atom stereocenters. The third-order valence-corrected chi connectivity index (χ3v) is 6.43. The van der Waals surface area contributed by atoms with E-state index in [-0.39, 0.29) is 30.5 Å². The van der Waals surface area contributed by atoms with Gasteiger partial charge in [0.1, 0.15) is 4.21 Å². The average molecular weight is 508 g/mol. The van der Waals surface area contributed by atoms with Gasteiger partial charge in [0.25, 0.3) is 0 Å². The maximum atomic E-state index is 12.0. The Morgan fingerprint density at radius 3 is 2.46 bits per heavy atom. The van der Waals surface area contributed by atoms with Crippen LogP contribution in [0.25, 0.3) is 0 Å². The summed E-state index contributed by atoms with van der Waals surface area (Å²) in [6, 6.07) is 11.7. The summed E-state index contributed by atoms with van der Waals surface area (Å²) < 4.78 is 27.0. The Labute approximate surface area is 176 Å². The Hall–Kier alpha value is -1.17. The predicted molar refractivity (Wildman–Crippen MR) is 119 cm³/mol. The minimum Gasteiger partial charge on any atom is -0.355 e. The third-order valence-electron chi connectivity index (χ3n) is 3.57. The molecule has 6 nitrogen and oxygen atoms in total. The first-order chi connectivity index (χ1) is 11.9. The van der Waals surface area contributed by atoms with Crippen molar-refractivity contribution in [1.29, 1.82) is 0 Å². The molecule has 0 aliphatic heterocycles. The summed E-state index contributed by atoms with van der Waals surface area (Å²) in [6.45, 7) is 3.53. The van der Waals surface area contributed by atoms with Crippen LogP contribution in [0.3, 0.4) is 0 Å². The van der Waals surface area contributed by atoms with Crippen molar-refractivity contribution in [2.45, 2.75) is 17.7 Å². The molecular weight excluding hydrogens is 483 g/mol. The summed E-state index contributed by atoms with van der Waals surface area (Å²) in [5.74, 6) is 0.718. The molecule has 9 heteroatoms. The van der Waals surface area contributed by atoms with E-state index in [1.165, 1.54) is 22.5 Å². The summed E-state index contributed by atoms with van der Waals surface area (Å²) in [7, 11) is 0.242. The standard InChI is InChI=1S/C17H24N4O2S2.HI/c1-14-6-8-15(9-7-14)13-21(3)17(18-2)19-10-11-20-25(22,23)16-5-4-12-24-16;/h4-9,12,20H,10-11,13H2,1-3H3,(H,18,19);1H. The van der Waals surface area contributed by atoms with Gasteiger partial charge < -0.3 is 10.2 Å². The number of hydrogen-bond acceptors (Lipinski definition) is 4. The largest absolute Gasteiger partial charge is 0.355 e. The van der Waals surface area contributed by atoms with E-state index in [2.05, 4.69) is 46.2 Å². The molecule has 26 heavy (non-hydrogen) atoms. The summed E-state index contributed by atoms with van der Waals surface area (Å²) >= 11 is 1.20. The minimum absolute atomic E-state index is 0. The van der Waals surface area contributed by atoms with Crippen molar-refractivity contribution in [2.24, 2.45) is 4.99 Å². The fourth-order valence-corrected chi connectivity index (χ4v) is 4.34. The summed E-state index contributed by atoms with van der Waals surface area (Å²) in [6.07, 6.45) is 0. The van der Waals surface area contributed by atoms with E-state index in [0.29, 0.717) is 10.8 Å². The molecule has 2 rings (SSSR count). The van der Waals surface area contributed by atoms with Gasteiger partial charge in [0.2, 0.25) is 10.0 Å². The lowest BCUT2D eigenvalue weighted by atomic mass is 10.1. The van der Waals surface area contributed by atoms with Crippen LogP contribution in [0.5, 0.6) is 0 Å². The summed E-state index contributed by atoms with van der Waals surface area (Å²) in [4.78, 5) is 6.24. The van der Waals surface area contributed by atoms with Crippen LogP contribution in [-0.2, 0) is 16.6 Å². The van der Waals surface area contributed by atoms with Crippen LogP contribution in [0.2, 0.25) is 0 Å². The molecule has 2 N–H and O–H groups in total. The smallest absolute Gasteiger partial charge is 0.250 e. The van der Waals surface area contributed by atoms with Gasteiger partial charge in [0.05, 0.1) is 0 Å². The molecule has 2 aromatic rings. The monoisotopic (exact) mass is 508 g/mol. The zero-order valence-corrected chi connectivity index (χ0v) is 19.1. The Morgan fingerprint density at radius 2 is 1.88 bits per heavy atom. The van der Waals surface area contributed by atoms with Gasteiger partial charge in [0, 0.05) is 33.7 Å². The van der Waals surface area contributed by atoms with Gasteiger partial charge in [-0.15, -0.1) is 35.3 Å². The Bertz CT molecular complexity index is 791. The predicted octanol–water partition coefficient (Wildman–Crippen LogP) is 2.66. The zero-order chi connectivity index (χ0) is 18.3. The van der Waals surface area contributed by atoms with Crippen LogP contribution < -0.4 is 10.0 Å². The molecule has 1 aromatic heterocycles. The van der Waals surface area contributed by atoms with E-state index in [4.69, 9.17) is 0 Å². The van der Waals surface area contributed by atoms with Crippen LogP contribution in [-0.4, -0.2) is 46.5 Å².